The number of halogens is 1. The van der Waals surface area contributed by atoms with Gasteiger partial charge < -0.3 is 4.52 Å². The largest absolute Gasteiger partial charge is 0.355 e. The molecule has 0 atom stereocenters. The van der Waals surface area contributed by atoms with Crippen molar-refractivity contribution in [1.29, 1.82) is 0 Å². The van der Waals surface area contributed by atoms with Gasteiger partial charge in [-0.25, -0.2) is 12.8 Å². The summed E-state index contributed by atoms with van der Waals surface area (Å²) < 4.78 is 44.8. The van der Waals surface area contributed by atoms with Gasteiger partial charge in [-0.3, -0.25) is 4.72 Å². The summed E-state index contributed by atoms with van der Waals surface area (Å²) in [5, 5.41) is 3.58. The number of hydrogen-bond acceptors (Lipinski definition) is 5. The van der Waals surface area contributed by atoms with Crippen LogP contribution in [-0.2, 0) is 10.0 Å². The molecule has 0 saturated carbocycles. The SMILES string of the molecule is O=S(=O)(Nc1ccc(F)cc1)c1ccc(-c2ccno2)s1. The number of hydrogen-bond donors (Lipinski definition) is 1. The quantitative estimate of drug-likeness (QED) is 0.799. The Labute approximate surface area is 124 Å². The molecule has 21 heavy (non-hydrogen) atoms. The molecule has 0 spiro atoms. The molecule has 0 aliphatic carbocycles. The third-order valence-electron chi connectivity index (χ3n) is 2.62. The Morgan fingerprint density at radius 1 is 1.10 bits per heavy atom. The minimum absolute atomic E-state index is 0.137. The molecule has 2 aromatic heterocycles. The van der Waals surface area contributed by atoms with Crippen LogP contribution in [-0.4, -0.2) is 13.6 Å². The van der Waals surface area contributed by atoms with Gasteiger partial charge in [0, 0.05) is 11.8 Å². The van der Waals surface area contributed by atoms with E-state index in [1.165, 1.54) is 36.5 Å². The van der Waals surface area contributed by atoms with Crippen molar-refractivity contribution in [3.05, 3.63) is 54.5 Å². The highest BCUT2D eigenvalue weighted by Gasteiger charge is 2.18. The van der Waals surface area contributed by atoms with Crippen molar-refractivity contribution in [3.63, 3.8) is 0 Å². The summed E-state index contributed by atoms with van der Waals surface area (Å²) in [4.78, 5) is 0.659. The van der Waals surface area contributed by atoms with E-state index in [9.17, 15) is 12.8 Å². The number of benzene rings is 1. The Morgan fingerprint density at radius 2 is 1.86 bits per heavy atom. The molecule has 3 aromatic rings. The molecule has 0 unspecified atom stereocenters. The number of rotatable bonds is 4. The standard InChI is InChI=1S/C13H9FN2O3S2/c14-9-1-3-10(4-2-9)16-21(17,18)13-6-5-12(20-13)11-7-8-15-19-11/h1-8,16H. The highest BCUT2D eigenvalue weighted by molar-refractivity contribution is 7.94. The fraction of sp³-hybridized carbons (Fsp3) is 0. The molecule has 5 nitrogen and oxygen atoms in total. The number of nitrogens with zero attached hydrogens (tertiary/aromatic N) is 1. The second-order valence-electron chi connectivity index (χ2n) is 4.11. The van der Waals surface area contributed by atoms with Crippen LogP contribution in [0, 0.1) is 5.82 Å². The van der Waals surface area contributed by atoms with Crippen LogP contribution in [0.25, 0.3) is 10.6 Å². The van der Waals surface area contributed by atoms with Crippen LogP contribution in [0.2, 0.25) is 0 Å². The van der Waals surface area contributed by atoms with Gasteiger partial charge in [0.15, 0.2) is 5.76 Å². The molecule has 3 rings (SSSR count). The number of aromatic nitrogens is 1. The fourth-order valence-electron chi connectivity index (χ4n) is 1.66. The summed E-state index contributed by atoms with van der Waals surface area (Å²) in [6.45, 7) is 0. The lowest BCUT2D eigenvalue weighted by molar-refractivity contribution is 0.433. The highest BCUT2D eigenvalue weighted by atomic mass is 32.2. The third-order valence-corrected chi connectivity index (χ3v) is 5.60. The molecule has 1 aromatic carbocycles. The van der Waals surface area contributed by atoms with Gasteiger partial charge in [-0.05, 0) is 36.4 Å². The van der Waals surface area contributed by atoms with Gasteiger partial charge >= 0.3 is 0 Å². The summed E-state index contributed by atoms with van der Waals surface area (Å²) in [5.74, 6) is 0.0740. The van der Waals surface area contributed by atoms with Gasteiger partial charge in [-0.2, -0.15) is 0 Å². The third kappa shape index (κ3) is 2.96. The lowest BCUT2D eigenvalue weighted by atomic mass is 10.3. The Hall–Kier alpha value is -2.19. The summed E-state index contributed by atoms with van der Waals surface area (Å²) in [6.07, 6.45) is 1.49. The van der Waals surface area contributed by atoms with Gasteiger partial charge in [0.25, 0.3) is 10.0 Å². The zero-order chi connectivity index (χ0) is 14.9. The number of sulfonamides is 1. The maximum atomic E-state index is 12.8. The Bertz CT molecular complexity index is 840. The fourth-order valence-corrected chi connectivity index (χ4v) is 3.99. The van der Waals surface area contributed by atoms with Crippen molar-refractivity contribution in [2.24, 2.45) is 0 Å². The number of nitrogens with one attached hydrogen (secondary N) is 1. The zero-order valence-corrected chi connectivity index (χ0v) is 12.1. The second-order valence-corrected chi connectivity index (χ2v) is 7.10. The van der Waals surface area contributed by atoms with Gasteiger partial charge in [-0.1, -0.05) is 5.16 Å². The molecule has 0 radical (unpaired) electrons. The molecular weight excluding hydrogens is 315 g/mol. The normalized spacial score (nSPS) is 11.5. The molecule has 0 aliphatic rings. The average Bonchev–Trinajstić information content (AvgIpc) is 3.11. The van der Waals surface area contributed by atoms with E-state index in [4.69, 9.17) is 4.52 Å². The predicted molar refractivity (Wildman–Crippen MR) is 77.0 cm³/mol. The van der Waals surface area contributed by atoms with Gasteiger partial charge in [0.05, 0.1) is 11.1 Å². The van der Waals surface area contributed by atoms with Crippen molar-refractivity contribution >= 4 is 27.0 Å². The van der Waals surface area contributed by atoms with Crippen molar-refractivity contribution in [2.45, 2.75) is 4.21 Å². The molecule has 0 saturated heterocycles. The van der Waals surface area contributed by atoms with E-state index in [1.54, 1.807) is 12.1 Å². The number of anilines is 1. The topological polar surface area (TPSA) is 72.2 Å². The van der Waals surface area contributed by atoms with Crippen LogP contribution in [0.5, 0.6) is 0 Å². The van der Waals surface area contributed by atoms with E-state index < -0.39 is 15.8 Å². The summed E-state index contributed by atoms with van der Waals surface area (Å²) >= 11 is 1.06. The highest BCUT2D eigenvalue weighted by Crippen LogP contribution is 2.31. The van der Waals surface area contributed by atoms with Crippen molar-refractivity contribution < 1.29 is 17.3 Å². The van der Waals surface area contributed by atoms with Crippen molar-refractivity contribution in [2.75, 3.05) is 4.72 Å². The van der Waals surface area contributed by atoms with E-state index >= 15 is 0 Å². The summed E-state index contributed by atoms with van der Waals surface area (Å²) in [6, 6.07) is 9.86. The molecule has 0 fully saturated rings. The summed E-state index contributed by atoms with van der Waals surface area (Å²) in [7, 11) is -3.71. The van der Waals surface area contributed by atoms with Crippen LogP contribution in [0.1, 0.15) is 0 Å². The van der Waals surface area contributed by atoms with Gasteiger partial charge in [-0.15, -0.1) is 11.3 Å². The summed E-state index contributed by atoms with van der Waals surface area (Å²) in [5.41, 5.74) is 0.297. The van der Waals surface area contributed by atoms with Crippen LogP contribution in [0.4, 0.5) is 10.1 Å². The van der Waals surface area contributed by atoms with Crippen LogP contribution >= 0.6 is 11.3 Å². The average molecular weight is 324 g/mol. The lowest BCUT2D eigenvalue weighted by Gasteiger charge is -2.05. The first-order chi connectivity index (χ1) is 10.0. The van der Waals surface area contributed by atoms with E-state index in [-0.39, 0.29) is 4.21 Å². The van der Waals surface area contributed by atoms with Crippen LogP contribution in [0.3, 0.4) is 0 Å². The maximum absolute atomic E-state index is 12.8. The number of thiophene rings is 1. The maximum Gasteiger partial charge on any atom is 0.271 e. The van der Waals surface area contributed by atoms with Gasteiger partial charge in [0.2, 0.25) is 0 Å². The molecule has 0 bridgehead atoms. The van der Waals surface area contributed by atoms with Gasteiger partial charge in [0.1, 0.15) is 10.0 Å². The smallest absolute Gasteiger partial charge is 0.271 e. The van der Waals surface area contributed by atoms with E-state index in [1.807, 2.05) is 0 Å². The van der Waals surface area contributed by atoms with Crippen LogP contribution in [0.15, 0.2) is 57.4 Å². The Morgan fingerprint density at radius 3 is 2.52 bits per heavy atom. The minimum atomic E-state index is -3.71. The first-order valence-corrected chi connectivity index (χ1v) is 8.14. The monoisotopic (exact) mass is 324 g/mol. The van der Waals surface area contributed by atoms with E-state index in [2.05, 4.69) is 9.88 Å². The Kier molecular flexibility index (Phi) is 3.48. The second kappa shape index (κ2) is 5.30. The predicted octanol–water partition coefficient (Wildman–Crippen LogP) is 3.34. The lowest BCUT2D eigenvalue weighted by Crippen LogP contribution is -2.11. The molecule has 108 valence electrons. The minimum Gasteiger partial charge on any atom is -0.355 e. The van der Waals surface area contributed by atoms with Crippen molar-refractivity contribution in [3.8, 4) is 10.6 Å². The molecule has 0 amide bonds. The zero-order valence-electron chi connectivity index (χ0n) is 10.5. The van der Waals surface area contributed by atoms with Crippen molar-refractivity contribution in [1.82, 2.24) is 5.16 Å². The first-order valence-electron chi connectivity index (χ1n) is 5.84. The molecule has 1 N–H and O–H groups in total. The van der Waals surface area contributed by atoms with E-state index in [0.29, 0.717) is 16.3 Å². The molecule has 8 heteroatoms. The van der Waals surface area contributed by atoms with E-state index in [0.717, 1.165) is 11.3 Å². The molecule has 2 heterocycles. The van der Waals surface area contributed by atoms with Crippen LogP contribution < -0.4 is 4.72 Å². The molecule has 0 aliphatic heterocycles. The first kappa shape index (κ1) is 13.8. The Balaban J connectivity index is 1.87. The molecular formula is C13H9FN2O3S2.